The van der Waals surface area contributed by atoms with Gasteiger partial charge in [-0.15, -0.1) is 0 Å². The fourth-order valence-electron chi connectivity index (χ4n) is 2.35. The second-order valence-electron chi connectivity index (χ2n) is 7.32. The predicted octanol–water partition coefficient (Wildman–Crippen LogP) is 5.14. The fourth-order valence-corrected chi connectivity index (χ4v) is 2.35. The van der Waals surface area contributed by atoms with Gasteiger partial charge in [0.25, 0.3) is 0 Å². The van der Waals surface area contributed by atoms with Gasteiger partial charge >= 0.3 is 0 Å². The molecule has 0 aromatic heterocycles. The molecule has 1 aromatic carbocycles. The average Bonchev–Trinajstić information content (AvgIpc) is 2.57. The third kappa shape index (κ3) is 10.1. The van der Waals surface area contributed by atoms with Crippen LogP contribution in [0, 0.1) is 25.7 Å². The van der Waals surface area contributed by atoms with Crippen LogP contribution in [0.25, 0.3) is 0 Å². The maximum atomic E-state index is 5.39. The maximum absolute atomic E-state index is 5.39. The van der Waals surface area contributed by atoms with Gasteiger partial charge in [0.15, 0.2) is 6.29 Å². The van der Waals surface area contributed by atoms with E-state index in [0.29, 0.717) is 12.0 Å². The molecule has 3 nitrogen and oxygen atoms in total. The van der Waals surface area contributed by atoms with Crippen molar-refractivity contribution < 1.29 is 14.2 Å². The van der Waals surface area contributed by atoms with E-state index in [1.54, 1.807) is 0 Å². The number of hydrogen-bond donors (Lipinski definition) is 0. The molecule has 2 fully saturated rings. The van der Waals surface area contributed by atoms with E-state index in [2.05, 4.69) is 58.9 Å². The fraction of sp³-hybridized carbons (Fsp3) is 0.714. The van der Waals surface area contributed by atoms with E-state index in [4.69, 9.17) is 14.2 Å². The van der Waals surface area contributed by atoms with Crippen LogP contribution in [-0.4, -0.2) is 32.2 Å². The van der Waals surface area contributed by atoms with Gasteiger partial charge in [0.2, 0.25) is 0 Å². The van der Waals surface area contributed by atoms with Gasteiger partial charge in [-0.05, 0) is 46.5 Å². The summed E-state index contributed by atoms with van der Waals surface area (Å²) in [5.74, 6) is 1.37. The zero-order chi connectivity index (χ0) is 17.9. The number of ether oxygens (including phenoxy) is 3. The summed E-state index contributed by atoms with van der Waals surface area (Å²) >= 11 is 0. The lowest BCUT2D eigenvalue weighted by Crippen LogP contribution is -2.27. The molecule has 0 saturated carbocycles. The first kappa shape index (κ1) is 21.1. The molecule has 3 heteroatoms. The molecule has 2 aliphatic heterocycles. The molecule has 2 aliphatic rings. The Balaban J connectivity index is 0.000000180. The number of benzene rings is 1. The lowest BCUT2D eigenvalue weighted by Gasteiger charge is -2.24. The Labute approximate surface area is 148 Å². The van der Waals surface area contributed by atoms with Crippen molar-refractivity contribution in [2.45, 2.75) is 66.8 Å². The van der Waals surface area contributed by atoms with Gasteiger partial charge in [-0.3, -0.25) is 0 Å². The minimum Gasteiger partial charge on any atom is -0.378 e. The molecule has 3 rings (SSSR count). The first-order valence-electron chi connectivity index (χ1n) is 9.25. The van der Waals surface area contributed by atoms with Crippen LogP contribution in [0.15, 0.2) is 24.3 Å². The molecule has 0 bridgehead atoms. The Morgan fingerprint density at radius 2 is 1.12 bits per heavy atom. The second-order valence-corrected chi connectivity index (χ2v) is 7.32. The van der Waals surface area contributed by atoms with E-state index in [1.807, 2.05) is 6.92 Å². The van der Waals surface area contributed by atoms with Crippen molar-refractivity contribution in [3.8, 4) is 0 Å². The molecule has 2 unspecified atom stereocenters. The first-order chi connectivity index (χ1) is 11.4. The van der Waals surface area contributed by atoms with Crippen LogP contribution in [-0.2, 0) is 14.2 Å². The lowest BCUT2D eigenvalue weighted by molar-refractivity contribution is -0.187. The van der Waals surface area contributed by atoms with Crippen molar-refractivity contribution in [3.05, 3.63) is 35.4 Å². The summed E-state index contributed by atoms with van der Waals surface area (Å²) in [4.78, 5) is 0. The minimum atomic E-state index is 0.0196. The van der Waals surface area contributed by atoms with Crippen molar-refractivity contribution in [1.82, 2.24) is 0 Å². The Morgan fingerprint density at radius 1 is 0.667 bits per heavy atom. The average molecular weight is 337 g/mol. The summed E-state index contributed by atoms with van der Waals surface area (Å²) in [5, 5.41) is 0. The van der Waals surface area contributed by atoms with E-state index in [1.165, 1.54) is 24.0 Å². The van der Waals surface area contributed by atoms with Gasteiger partial charge in [0.1, 0.15) is 0 Å². The van der Waals surface area contributed by atoms with Crippen molar-refractivity contribution in [2.24, 2.45) is 11.8 Å². The van der Waals surface area contributed by atoms with E-state index in [0.717, 1.165) is 25.7 Å². The third-order valence-corrected chi connectivity index (χ3v) is 4.18. The third-order valence-electron chi connectivity index (χ3n) is 4.18. The van der Waals surface area contributed by atoms with Crippen LogP contribution in [0.2, 0.25) is 0 Å². The van der Waals surface area contributed by atoms with Gasteiger partial charge < -0.3 is 14.2 Å². The number of hydrogen-bond acceptors (Lipinski definition) is 3. The molecule has 0 amide bonds. The summed E-state index contributed by atoms with van der Waals surface area (Å²) < 4.78 is 15.7. The SMILES string of the molecule is CC1CCC(C)OC1.CC1COC(C)OC1.Cc1ccc(C)cc1. The molecule has 2 heterocycles. The van der Waals surface area contributed by atoms with Crippen LogP contribution in [0.4, 0.5) is 0 Å². The van der Waals surface area contributed by atoms with E-state index >= 15 is 0 Å². The van der Waals surface area contributed by atoms with Crippen molar-refractivity contribution >= 4 is 0 Å². The molecule has 2 atom stereocenters. The van der Waals surface area contributed by atoms with Crippen LogP contribution in [0.3, 0.4) is 0 Å². The zero-order valence-electron chi connectivity index (χ0n) is 16.4. The highest BCUT2D eigenvalue weighted by Crippen LogP contribution is 2.16. The summed E-state index contributed by atoms with van der Waals surface area (Å²) in [6.07, 6.45) is 3.14. The summed E-state index contributed by atoms with van der Waals surface area (Å²) in [6, 6.07) is 8.48. The van der Waals surface area contributed by atoms with E-state index in [-0.39, 0.29) is 6.29 Å². The van der Waals surface area contributed by atoms with Crippen molar-refractivity contribution in [1.29, 1.82) is 0 Å². The highest BCUT2D eigenvalue weighted by Gasteiger charge is 2.14. The Kier molecular flexibility index (Phi) is 10.2. The topological polar surface area (TPSA) is 27.7 Å². The highest BCUT2D eigenvalue weighted by atomic mass is 16.7. The van der Waals surface area contributed by atoms with Gasteiger partial charge in [0, 0.05) is 12.5 Å². The molecular weight excluding hydrogens is 300 g/mol. The Hall–Kier alpha value is -0.900. The van der Waals surface area contributed by atoms with E-state index < -0.39 is 0 Å². The van der Waals surface area contributed by atoms with Gasteiger partial charge in [-0.25, -0.2) is 0 Å². The number of rotatable bonds is 0. The quantitative estimate of drug-likeness (QED) is 0.656. The van der Waals surface area contributed by atoms with Crippen LogP contribution in [0.1, 0.15) is 51.7 Å². The highest BCUT2D eigenvalue weighted by molar-refractivity contribution is 5.19. The molecular formula is C21H36O3. The summed E-state index contributed by atoms with van der Waals surface area (Å²) in [5.41, 5.74) is 2.66. The zero-order valence-corrected chi connectivity index (χ0v) is 16.4. The minimum absolute atomic E-state index is 0.0196. The second kappa shape index (κ2) is 11.6. The summed E-state index contributed by atoms with van der Waals surface area (Å²) in [6.45, 7) is 15.3. The Morgan fingerprint density at radius 3 is 1.46 bits per heavy atom. The van der Waals surface area contributed by atoms with Crippen molar-refractivity contribution in [3.63, 3.8) is 0 Å². The number of aryl methyl sites for hydroxylation is 2. The molecule has 1 aromatic rings. The molecule has 138 valence electrons. The molecule has 2 saturated heterocycles. The molecule has 0 N–H and O–H groups in total. The first-order valence-corrected chi connectivity index (χ1v) is 9.25. The van der Waals surface area contributed by atoms with E-state index in [9.17, 15) is 0 Å². The predicted molar refractivity (Wildman–Crippen MR) is 100 cm³/mol. The van der Waals surface area contributed by atoms with Crippen LogP contribution < -0.4 is 0 Å². The maximum Gasteiger partial charge on any atom is 0.154 e. The molecule has 24 heavy (non-hydrogen) atoms. The molecule has 0 spiro atoms. The normalized spacial score (nSPS) is 29.6. The Bertz CT molecular complexity index is 352. The molecule has 0 radical (unpaired) electrons. The van der Waals surface area contributed by atoms with Gasteiger partial charge in [-0.2, -0.15) is 0 Å². The molecule has 0 aliphatic carbocycles. The van der Waals surface area contributed by atoms with Gasteiger partial charge in [0.05, 0.1) is 19.3 Å². The monoisotopic (exact) mass is 336 g/mol. The summed E-state index contributed by atoms with van der Waals surface area (Å²) in [7, 11) is 0. The van der Waals surface area contributed by atoms with Gasteiger partial charge in [-0.1, -0.05) is 49.2 Å². The smallest absolute Gasteiger partial charge is 0.154 e. The van der Waals surface area contributed by atoms with Crippen LogP contribution >= 0.6 is 0 Å². The van der Waals surface area contributed by atoms with Crippen molar-refractivity contribution in [2.75, 3.05) is 19.8 Å². The standard InChI is InChI=1S/C8H10.C7H14O.C6H12O2/c1-7-3-5-8(2)6-4-7;1-6-3-4-7(2)8-5-6;1-5-3-7-6(2)8-4-5/h3-6H,1-2H3;6-7H,3-5H2,1-2H3;5-6H,3-4H2,1-2H3. The van der Waals surface area contributed by atoms with Crippen LogP contribution in [0.5, 0.6) is 0 Å². The lowest BCUT2D eigenvalue weighted by atomic mass is 10.0. The largest absolute Gasteiger partial charge is 0.378 e.